The molecule has 1 N–H and O–H groups in total. The zero-order valence-electron chi connectivity index (χ0n) is 12.8. The summed E-state index contributed by atoms with van der Waals surface area (Å²) in [5.41, 5.74) is 1.59. The van der Waals surface area contributed by atoms with Crippen LogP contribution < -0.4 is 10.2 Å². The third kappa shape index (κ3) is 3.48. The fourth-order valence-corrected chi connectivity index (χ4v) is 4.02. The standard InChI is InChI=1S/C17H16N2O2S2/c1-11(22-13-6-4-3-5-7-13)16(20)18-12-8-9-14-15(10-12)23-17(21)19(14)2/h3-11H,1-2H3,(H,18,20). The number of thiazole rings is 1. The summed E-state index contributed by atoms with van der Waals surface area (Å²) in [6.45, 7) is 1.88. The van der Waals surface area contributed by atoms with Crippen molar-refractivity contribution in [3.63, 3.8) is 0 Å². The number of thioether (sulfide) groups is 1. The SMILES string of the molecule is CC(Sc1ccccc1)C(=O)Nc1ccc2c(c1)sc(=O)n2C. The predicted molar refractivity (Wildman–Crippen MR) is 97.5 cm³/mol. The zero-order chi connectivity index (χ0) is 16.4. The fourth-order valence-electron chi connectivity index (χ4n) is 2.21. The Kier molecular flexibility index (Phi) is 4.54. The van der Waals surface area contributed by atoms with Crippen LogP contribution >= 0.6 is 23.1 Å². The second kappa shape index (κ2) is 6.60. The first-order chi connectivity index (χ1) is 11.0. The lowest BCUT2D eigenvalue weighted by molar-refractivity contribution is -0.115. The Morgan fingerprint density at radius 2 is 1.96 bits per heavy atom. The number of fused-ring (bicyclic) bond motifs is 1. The molecule has 1 heterocycles. The van der Waals surface area contributed by atoms with E-state index in [0.717, 1.165) is 15.1 Å². The molecule has 0 aliphatic carbocycles. The average Bonchev–Trinajstić information content (AvgIpc) is 2.82. The molecule has 0 fully saturated rings. The second-order valence-electron chi connectivity index (χ2n) is 5.17. The van der Waals surface area contributed by atoms with Crippen LogP contribution in [0.4, 0.5) is 5.69 Å². The highest BCUT2D eigenvalue weighted by atomic mass is 32.2. The molecule has 1 amide bonds. The molecule has 0 saturated heterocycles. The minimum absolute atomic E-state index is 0.00326. The maximum atomic E-state index is 12.3. The molecule has 2 aromatic carbocycles. The average molecular weight is 344 g/mol. The van der Waals surface area contributed by atoms with Gasteiger partial charge in [0.25, 0.3) is 0 Å². The maximum absolute atomic E-state index is 12.3. The minimum atomic E-state index is -0.206. The largest absolute Gasteiger partial charge is 0.325 e. The molecule has 0 radical (unpaired) electrons. The van der Waals surface area contributed by atoms with Gasteiger partial charge in [-0.2, -0.15) is 0 Å². The van der Waals surface area contributed by atoms with Gasteiger partial charge in [0.2, 0.25) is 5.91 Å². The molecule has 0 aliphatic rings. The Labute approximate surface area is 142 Å². The van der Waals surface area contributed by atoms with Crippen LogP contribution in [0.2, 0.25) is 0 Å². The van der Waals surface area contributed by atoms with Crippen LogP contribution in [0.3, 0.4) is 0 Å². The van der Waals surface area contributed by atoms with E-state index in [1.54, 1.807) is 11.6 Å². The predicted octanol–water partition coefficient (Wildman–Crippen LogP) is 3.72. The summed E-state index contributed by atoms with van der Waals surface area (Å²) in [7, 11) is 1.75. The molecule has 1 atom stereocenters. The van der Waals surface area contributed by atoms with E-state index in [1.165, 1.54) is 23.1 Å². The van der Waals surface area contributed by atoms with E-state index in [2.05, 4.69) is 5.32 Å². The zero-order valence-corrected chi connectivity index (χ0v) is 14.4. The van der Waals surface area contributed by atoms with Crippen molar-refractivity contribution in [3.8, 4) is 0 Å². The molecule has 1 unspecified atom stereocenters. The highest BCUT2D eigenvalue weighted by Gasteiger charge is 2.15. The van der Waals surface area contributed by atoms with E-state index in [1.807, 2.05) is 55.5 Å². The number of hydrogen-bond acceptors (Lipinski definition) is 4. The number of nitrogens with one attached hydrogen (secondary N) is 1. The summed E-state index contributed by atoms with van der Waals surface area (Å²) >= 11 is 2.70. The lowest BCUT2D eigenvalue weighted by atomic mass is 10.3. The number of rotatable bonds is 4. The van der Waals surface area contributed by atoms with Crippen molar-refractivity contribution in [2.24, 2.45) is 7.05 Å². The summed E-state index contributed by atoms with van der Waals surface area (Å²) in [6, 6.07) is 15.4. The minimum Gasteiger partial charge on any atom is -0.325 e. The van der Waals surface area contributed by atoms with Gasteiger partial charge in [-0.05, 0) is 37.3 Å². The molecule has 6 heteroatoms. The molecule has 3 rings (SSSR count). The van der Waals surface area contributed by atoms with Gasteiger partial charge < -0.3 is 9.88 Å². The van der Waals surface area contributed by atoms with Gasteiger partial charge in [-0.1, -0.05) is 29.5 Å². The molecule has 0 saturated carbocycles. The van der Waals surface area contributed by atoms with Crippen LogP contribution in [0.25, 0.3) is 10.2 Å². The first-order valence-electron chi connectivity index (χ1n) is 7.17. The Hall–Kier alpha value is -2.05. The van der Waals surface area contributed by atoms with Crippen LogP contribution in [0, 0.1) is 0 Å². The van der Waals surface area contributed by atoms with E-state index < -0.39 is 0 Å². The van der Waals surface area contributed by atoms with Gasteiger partial charge in [-0.3, -0.25) is 9.59 Å². The van der Waals surface area contributed by atoms with E-state index in [0.29, 0.717) is 5.69 Å². The fraction of sp³-hybridized carbons (Fsp3) is 0.176. The molecule has 3 aromatic rings. The number of carbonyl (C=O) groups excluding carboxylic acids is 1. The highest BCUT2D eigenvalue weighted by molar-refractivity contribution is 8.00. The van der Waals surface area contributed by atoms with Crippen LogP contribution in [-0.4, -0.2) is 15.7 Å². The first-order valence-corrected chi connectivity index (χ1v) is 8.86. The van der Waals surface area contributed by atoms with Gasteiger partial charge in [0.15, 0.2) is 0 Å². The van der Waals surface area contributed by atoms with E-state index in [4.69, 9.17) is 0 Å². The number of hydrogen-bond donors (Lipinski definition) is 1. The Bertz CT molecular complexity index is 900. The molecular weight excluding hydrogens is 328 g/mol. The van der Waals surface area contributed by atoms with Gasteiger partial charge >= 0.3 is 4.87 Å². The number of benzene rings is 2. The van der Waals surface area contributed by atoms with Crippen molar-refractivity contribution in [2.45, 2.75) is 17.1 Å². The van der Waals surface area contributed by atoms with Gasteiger partial charge in [-0.25, -0.2) is 0 Å². The van der Waals surface area contributed by atoms with Crippen molar-refractivity contribution in [2.75, 3.05) is 5.32 Å². The lowest BCUT2D eigenvalue weighted by Gasteiger charge is -2.12. The number of aromatic nitrogens is 1. The third-order valence-corrected chi connectivity index (χ3v) is 5.59. The Balaban J connectivity index is 1.73. The number of nitrogens with zero attached hydrogens (tertiary/aromatic N) is 1. The van der Waals surface area contributed by atoms with Crippen LogP contribution in [0.5, 0.6) is 0 Å². The summed E-state index contributed by atoms with van der Waals surface area (Å²) < 4.78 is 2.48. The normalized spacial score (nSPS) is 12.3. The van der Waals surface area contributed by atoms with Crippen LogP contribution in [-0.2, 0) is 11.8 Å². The molecule has 1 aromatic heterocycles. The number of anilines is 1. The quantitative estimate of drug-likeness (QED) is 0.734. The smallest absolute Gasteiger partial charge is 0.307 e. The number of amides is 1. The van der Waals surface area contributed by atoms with E-state index in [-0.39, 0.29) is 16.0 Å². The number of aryl methyl sites for hydroxylation is 1. The topological polar surface area (TPSA) is 51.1 Å². The van der Waals surface area contributed by atoms with Crippen molar-refractivity contribution in [3.05, 3.63) is 58.2 Å². The second-order valence-corrected chi connectivity index (χ2v) is 7.58. The van der Waals surface area contributed by atoms with Crippen molar-refractivity contribution >= 4 is 44.9 Å². The van der Waals surface area contributed by atoms with E-state index in [9.17, 15) is 9.59 Å². The maximum Gasteiger partial charge on any atom is 0.307 e. The molecule has 118 valence electrons. The highest BCUT2D eigenvalue weighted by Crippen LogP contribution is 2.25. The molecule has 4 nitrogen and oxygen atoms in total. The summed E-state index contributed by atoms with van der Waals surface area (Å²) in [6.07, 6.45) is 0. The summed E-state index contributed by atoms with van der Waals surface area (Å²) in [5, 5.41) is 2.71. The molecule has 0 bridgehead atoms. The van der Waals surface area contributed by atoms with Crippen molar-refractivity contribution < 1.29 is 4.79 Å². The van der Waals surface area contributed by atoms with Crippen LogP contribution in [0.15, 0.2) is 58.2 Å². The van der Waals surface area contributed by atoms with Gasteiger partial charge in [0.05, 0.1) is 15.5 Å². The third-order valence-electron chi connectivity index (χ3n) is 3.49. The lowest BCUT2D eigenvalue weighted by Crippen LogP contribution is -2.22. The number of carbonyl (C=O) groups is 1. The van der Waals surface area contributed by atoms with Gasteiger partial charge in [-0.15, -0.1) is 11.8 Å². The molecule has 23 heavy (non-hydrogen) atoms. The van der Waals surface area contributed by atoms with Crippen molar-refractivity contribution in [1.82, 2.24) is 4.57 Å². The first kappa shape index (κ1) is 15.8. The Morgan fingerprint density at radius 1 is 1.22 bits per heavy atom. The van der Waals surface area contributed by atoms with E-state index >= 15 is 0 Å². The molecule has 0 aliphatic heterocycles. The molecule has 0 spiro atoms. The van der Waals surface area contributed by atoms with Gasteiger partial charge in [0, 0.05) is 17.6 Å². The summed E-state index contributed by atoms with van der Waals surface area (Å²) in [5.74, 6) is -0.0542. The van der Waals surface area contributed by atoms with Crippen molar-refractivity contribution in [1.29, 1.82) is 0 Å². The summed E-state index contributed by atoms with van der Waals surface area (Å²) in [4.78, 5) is 25.1. The molecular formula is C17H16N2O2S2. The van der Waals surface area contributed by atoms with Crippen LogP contribution in [0.1, 0.15) is 6.92 Å². The Morgan fingerprint density at radius 3 is 2.70 bits per heavy atom. The monoisotopic (exact) mass is 344 g/mol. The van der Waals surface area contributed by atoms with Gasteiger partial charge in [0.1, 0.15) is 0 Å².